The molecule has 18 heavy (non-hydrogen) atoms. The Kier molecular flexibility index (Phi) is 4.67. The minimum Gasteiger partial charge on any atom is -0.249 e. The van der Waals surface area contributed by atoms with Crippen LogP contribution < -0.4 is 0 Å². The lowest BCUT2D eigenvalue weighted by molar-refractivity contribution is 0.680. The van der Waals surface area contributed by atoms with Gasteiger partial charge in [0.25, 0.3) is 0 Å². The fourth-order valence-electron chi connectivity index (χ4n) is 1.41. The van der Waals surface area contributed by atoms with E-state index in [1.165, 1.54) is 0 Å². The van der Waals surface area contributed by atoms with Crippen molar-refractivity contribution in [3.8, 4) is 0 Å². The summed E-state index contributed by atoms with van der Waals surface area (Å²) in [6, 6.07) is 10.1. The van der Waals surface area contributed by atoms with Crippen LogP contribution in [0, 0.1) is 0 Å². The highest BCUT2D eigenvalue weighted by Crippen LogP contribution is 2.30. The van der Waals surface area contributed by atoms with Gasteiger partial charge in [0.15, 0.2) is 0 Å². The topological polar surface area (TPSA) is 17.1 Å². The standard InChI is InChI=1S/C12H8Cl2OS3/c13-7-1-3-11(9(16)5-7)18(15)12-4-2-8(14)6-10(12)17/h1-6,16-17H. The second-order valence-corrected chi connectivity index (χ2v) is 6.75. The Hall–Kier alpha value is -0.130. The third kappa shape index (κ3) is 3.06. The summed E-state index contributed by atoms with van der Waals surface area (Å²) in [7, 11) is -1.36. The van der Waals surface area contributed by atoms with Gasteiger partial charge < -0.3 is 0 Å². The van der Waals surface area contributed by atoms with E-state index < -0.39 is 10.8 Å². The highest BCUT2D eigenvalue weighted by atomic mass is 35.5. The lowest BCUT2D eigenvalue weighted by Crippen LogP contribution is -1.95. The molecule has 2 aromatic rings. The maximum atomic E-state index is 12.4. The van der Waals surface area contributed by atoms with E-state index in [2.05, 4.69) is 25.3 Å². The second-order valence-electron chi connectivity index (χ2n) is 3.49. The molecule has 0 fully saturated rings. The lowest BCUT2D eigenvalue weighted by Gasteiger charge is -2.08. The van der Waals surface area contributed by atoms with Crippen molar-refractivity contribution in [1.82, 2.24) is 0 Å². The van der Waals surface area contributed by atoms with Crippen molar-refractivity contribution in [3.05, 3.63) is 46.4 Å². The summed E-state index contributed by atoms with van der Waals surface area (Å²) < 4.78 is 12.4. The van der Waals surface area contributed by atoms with Gasteiger partial charge in [-0.15, -0.1) is 25.3 Å². The van der Waals surface area contributed by atoms with Crippen molar-refractivity contribution in [2.45, 2.75) is 19.6 Å². The van der Waals surface area contributed by atoms with E-state index in [4.69, 9.17) is 23.2 Å². The summed E-state index contributed by atoms with van der Waals surface area (Å²) in [4.78, 5) is 2.37. The Balaban J connectivity index is 2.48. The number of halogens is 2. The molecule has 0 saturated carbocycles. The van der Waals surface area contributed by atoms with Gasteiger partial charge in [-0.1, -0.05) is 23.2 Å². The van der Waals surface area contributed by atoms with E-state index in [0.717, 1.165) is 0 Å². The van der Waals surface area contributed by atoms with Crippen molar-refractivity contribution in [2.75, 3.05) is 0 Å². The maximum Gasteiger partial charge on any atom is 0.0872 e. The van der Waals surface area contributed by atoms with Crippen LogP contribution in [0.4, 0.5) is 0 Å². The van der Waals surface area contributed by atoms with Crippen LogP contribution in [0.3, 0.4) is 0 Å². The first-order valence-electron chi connectivity index (χ1n) is 4.88. The molecule has 1 nitrogen and oxygen atoms in total. The maximum absolute atomic E-state index is 12.4. The first kappa shape index (κ1) is 14.3. The quantitative estimate of drug-likeness (QED) is 0.758. The van der Waals surface area contributed by atoms with Crippen molar-refractivity contribution < 1.29 is 4.21 Å². The van der Waals surface area contributed by atoms with E-state index in [-0.39, 0.29) is 0 Å². The molecule has 0 atom stereocenters. The Morgan fingerprint density at radius 3 is 1.56 bits per heavy atom. The SMILES string of the molecule is O=S(c1ccc(Cl)cc1S)c1ccc(Cl)cc1S. The minimum atomic E-state index is -1.36. The van der Waals surface area contributed by atoms with Gasteiger partial charge in [0.2, 0.25) is 0 Å². The van der Waals surface area contributed by atoms with Crippen LogP contribution in [-0.2, 0) is 10.8 Å². The Labute approximate surface area is 129 Å². The zero-order chi connectivity index (χ0) is 13.3. The number of benzene rings is 2. The molecular formula is C12H8Cl2OS3. The average molecular weight is 335 g/mol. The Morgan fingerprint density at radius 2 is 1.22 bits per heavy atom. The number of hydrogen-bond acceptors (Lipinski definition) is 3. The average Bonchev–Trinajstić information content (AvgIpc) is 2.28. The molecule has 0 unspecified atom stereocenters. The molecule has 0 bridgehead atoms. The summed E-state index contributed by atoms with van der Waals surface area (Å²) >= 11 is 20.2. The predicted molar refractivity (Wildman–Crippen MR) is 82.1 cm³/mol. The second kappa shape index (κ2) is 5.88. The van der Waals surface area contributed by atoms with E-state index >= 15 is 0 Å². The van der Waals surface area contributed by atoms with Gasteiger partial charge >= 0.3 is 0 Å². The zero-order valence-electron chi connectivity index (χ0n) is 8.93. The van der Waals surface area contributed by atoms with Crippen LogP contribution in [-0.4, -0.2) is 4.21 Å². The van der Waals surface area contributed by atoms with Crippen LogP contribution in [0.15, 0.2) is 56.0 Å². The highest BCUT2D eigenvalue weighted by molar-refractivity contribution is 7.87. The van der Waals surface area contributed by atoms with Gasteiger partial charge in [0.1, 0.15) is 0 Å². The van der Waals surface area contributed by atoms with Crippen LogP contribution >= 0.6 is 48.5 Å². The van der Waals surface area contributed by atoms with E-state index in [9.17, 15) is 4.21 Å². The fraction of sp³-hybridized carbons (Fsp3) is 0. The van der Waals surface area contributed by atoms with Crippen LogP contribution in [0.5, 0.6) is 0 Å². The van der Waals surface area contributed by atoms with Gasteiger partial charge in [-0.2, -0.15) is 0 Å². The summed E-state index contributed by atoms with van der Waals surface area (Å²) in [5.74, 6) is 0. The Morgan fingerprint density at radius 1 is 0.833 bits per heavy atom. The molecule has 0 N–H and O–H groups in total. The molecule has 0 spiro atoms. The van der Waals surface area contributed by atoms with Crippen molar-refractivity contribution >= 4 is 59.3 Å². The summed E-state index contributed by atoms with van der Waals surface area (Å²) in [6.07, 6.45) is 0. The first-order chi connectivity index (χ1) is 8.49. The molecule has 0 aliphatic rings. The molecule has 0 aliphatic carbocycles. The van der Waals surface area contributed by atoms with Gasteiger partial charge in [0, 0.05) is 19.8 Å². The van der Waals surface area contributed by atoms with Crippen LogP contribution in [0.1, 0.15) is 0 Å². The molecule has 0 saturated heterocycles. The molecular weight excluding hydrogens is 327 g/mol. The summed E-state index contributed by atoms with van der Waals surface area (Å²) in [6.45, 7) is 0. The highest BCUT2D eigenvalue weighted by Gasteiger charge is 2.13. The molecule has 0 aliphatic heterocycles. The molecule has 0 heterocycles. The summed E-state index contributed by atoms with van der Waals surface area (Å²) in [5, 5.41) is 1.12. The molecule has 2 rings (SSSR count). The largest absolute Gasteiger partial charge is 0.249 e. The molecule has 6 heteroatoms. The monoisotopic (exact) mass is 334 g/mol. The molecule has 94 valence electrons. The zero-order valence-corrected chi connectivity index (χ0v) is 13.0. The van der Waals surface area contributed by atoms with E-state index in [1.807, 2.05) is 0 Å². The third-order valence-corrected chi connectivity index (χ3v) is 5.27. The number of rotatable bonds is 2. The minimum absolute atomic E-state index is 0.558. The molecule has 0 aromatic heterocycles. The van der Waals surface area contributed by atoms with Gasteiger partial charge in [-0.3, -0.25) is 0 Å². The van der Waals surface area contributed by atoms with Crippen molar-refractivity contribution in [1.29, 1.82) is 0 Å². The van der Waals surface area contributed by atoms with E-state index in [1.54, 1.807) is 36.4 Å². The molecule has 0 amide bonds. The third-order valence-electron chi connectivity index (χ3n) is 2.24. The first-order valence-corrected chi connectivity index (χ1v) is 7.68. The Bertz CT molecular complexity index is 575. The van der Waals surface area contributed by atoms with Gasteiger partial charge in [-0.25, -0.2) is 4.21 Å². The van der Waals surface area contributed by atoms with E-state index in [0.29, 0.717) is 29.6 Å². The fourth-order valence-corrected chi connectivity index (χ4v) is 3.95. The van der Waals surface area contributed by atoms with Crippen LogP contribution in [0.25, 0.3) is 0 Å². The van der Waals surface area contributed by atoms with Gasteiger partial charge in [0.05, 0.1) is 20.6 Å². The predicted octanol–water partition coefficient (Wildman–Crippen LogP) is 4.74. The van der Waals surface area contributed by atoms with Crippen molar-refractivity contribution in [2.24, 2.45) is 0 Å². The number of thiol groups is 2. The molecule has 2 aromatic carbocycles. The van der Waals surface area contributed by atoms with Crippen molar-refractivity contribution in [3.63, 3.8) is 0 Å². The molecule has 0 radical (unpaired) electrons. The van der Waals surface area contributed by atoms with Crippen LogP contribution in [0.2, 0.25) is 10.0 Å². The smallest absolute Gasteiger partial charge is 0.0872 e. The summed E-state index contributed by atoms with van der Waals surface area (Å²) in [5.41, 5.74) is 0. The van der Waals surface area contributed by atoms with Gasteiger partial charge in [-0.05, 0) is 36.4 Å². The number of hydrogen-bond donors (Lipinski definition) is 2. The normalized spacial score (nSPS) is 10.9. The lowest BCUT2D eigenvalue weighted by atomic mass is 10.3.